The van der Waals surface area contributed by atoms with Crippen molar-refractivity contribution in [3.63, 3.8) is 0 Å². The Hall–Kier alpha value is -0.920. The molecule has 0 heterocycles. The maximum Gasteiger partial charge on any atom is 0.459 e. The van der Waals surface area contributed by atoms with Crippen molar-refractivity contribution in [1.29, 1.82) is 0 Å². The highest BCUT2D eigenvalue weighted by Gasteiger charge is 2.89. The molecule has 2 unspecified atom stereocenters. The number of hydrogen-bond donors (Lipinski definition) is 2. The summed E-state index contributed by atoms with van der Waals surface area (Å²) in [6.45, 7) is 0. The van der Waals surface area contributed by atoms with Crippen LogP contribution in [0.2, 0.25) is 0 Å². The maximum absolute atomic E-state index is 12.6. The van der Waals surface area contributed by atoms with Gasteiger partial charge < -0.3 is 10.2 Å². The van der Waals surface area contributed by atoms with E-state index in [1.54, 1.807) is 0 Å². The Labute approximate surface area is 100 Å². The third-order valence-electron chi connectivity index (χ3n) is 1.98. The van der Waals surface area contributed by atoms with Gasteiger partial charge in [-0.2, -0.15) is 52.7 Å². The van der Waals surface area contributed by atoms with Gasteiger partial charge in [0.15, 0.2) is 0 Å². The van der Waals surface area contributed by atoms with Crippen molar-refractivity contribution in [2.24, 2.45) is 0 Å². The molecule has 2 atom stereocenters. The summed E-state index contributed by atoms with van der Waals surface area (Å²) >= 11 is 0. The Morgan fingerprint density at radius 1 is 0.400 bits per heavy atom. The molecule has 0 fully saturated rings. The molecule has 0 bridgehead atoms. The summed E-state index contributed by atoms with van der Waals surface area (Å²) in [6, 6.07) is 0. The average molecular weight is 334 g/mol. The molecule has 122 valence electrons. The van der Waals surface area contributed by atoms with E-state index >= 15 is 0 Å². The van der Waals surface area contributed by atoms with Crippen molar-refractivity contribution in [2.45, 2.75) is 35.9 Å². The van der Waals surface area contributed by atoms with Gasteiger partial charge in [0.2, 0.25) is 0 Å². The summed E-state index contributed by atoms with van der Waals surface area (Å²) in [5, 5.41) is 15.7. The minimum atomic E-state index is -7.47. The quantitative estimate of drug-likeness (QED) is 0.779. The minimum absolute atomic E-state index is 7.28. The van der Waals surface area contributed by atoms with Gasteiger partial charge in [-0.05, 0) is 0 Å². The molecule has 14 heteroatoms. The molecule has 0 amide bonds. The first-order valence-corrected chi connectivity index (χ1v) is 3.97. The number of rotatable bonds is 3. The van der Waals surface area contributed by atoms with Crippen LogP contribution in [0, 0.1) is 0 Å². The summed E-state index contributed by atoms with van der Waals surface area (Å²) in [6.07, 6.45) is -14.6. The minimum Gasteiger partial charge on any atom is -0.352 e. The normalized spacial score (nSPS) is 21.3. The number of halogens is 12. The van der Waals surface area contributed by atoms with Crippen LogP contribution in [0.5, 0.6) is 0 Å². The van der Waals surface area contributed by atoms with Gasteiger partial charge in [0.1, 0.15) is 0 Å². The monoisotopic (exact) mass is 334 g/mol. The van der Waals surface area contributed by atoms with Gasteiger partial charge in [-0.3, -0.25) is 0 Å². The van der Waals surface area contributed by atoms with Gasteiger partial charge in [-0.15, -0.1) is 0 Å². The predicted octanol–water partition coefficient (Wildman–Crippen LogP) is 2.70. The van der Waals surface area contributed by atoms with E-state index in [-0.39, 0.29) is 0 Å². The third-order valence-corrected chi connectivity index (χ3v) is 1.98. The van der Waals surface area contributed by atoms with Gasteiger partial charge in [0.05, 0.1) is 0 Å². The van der Waals surface area contributed by atoms with Crippen molar-refractivity contribution in [3.05, 3.63) is 0 Å². The van der Waals surface area contributed by atoms with Gasteiger partial charge in [0.25, 0.3) is 0 Å². The van der Waals surface area contributed by atoms with E-state index in [0.717, 1.165) is 0 Å². The molecule has 0 aliphatic rings. The van der Waals surface area contributed by atoms with Crippen molar-refractivity contribution < 1.29 is 62.9 Å². The fraction of sp³-hybridized carbons (Fsp3) is 1.00. The zero-order valence-corrected chi connectivity index (χ0v) is 8.43. The Morgan fingerprint density at radius 2 is 0.550 bits per heavy atom. The highest BCUT2D eigenvalue weighted by Crippen LogP contribution is 2.56. The standard InChI is InChI=1S/C6H2F12O2/c7-1(8,5(13,14)15)3(11,19)4(12,20)2(9,10)6(16,17)18/h19-20H. The van der Waals surface area contributed by atoms with E-state index in [9.17, 15) is 52.7 Å². The van der Waals surface area contributed by atoms with Crippen LogP contribution in [0.3, 0.4) is 0 Å². The van der Waals surface area contributed by atoms with Crippen molar-refractivity contribution in [1.82, 2.24) is 0 Å². The Bertz CT molecular complexity index is 327. The van der Waals surface area contributed by atoms with Crippen LogP contribution >= 0.6 is 0 Å². The molecular formula is C6H2F12O2. The first kappa shape index (κ1) is 19.1. The number of alkyl halides is 12. The van der Waals surface area contributed by atoms with Crippen LogP contribution in [0.25, 0.3) is 0 Å². The smallest absolute Gasteiger partial charge is 0.352 e. The molecule has 0 radical (unpaired) electrons. The first-order valence-electron chi connectivity index (χ1n) is 3.97. The highest BCUT2D eigenvalue weighted by molar-refractivity contribution is 5.07. The average Bonchev–Trinajstić information content (AvgIpc) is 2.12. The van der Waals surface area contributed by atoms with Gasteiger partial charge in [0, 0.05) is 0 Å². The maximum atomic E-state index is 12.6. The molecule has 0 spiro atoms. The SMILES string of the molecule is OC(F)(C(O)(F)C(F)(F)C(F)(F)F)C(F)(F)C(F)(F)F. The highest BCUT2D eigenvalue weighted by atomic mass is 19.4. The second kappa shape index (κ2) is 4.29. The van der Waals surface area contributed by atoms with Crippen LogP contribution in [0.4, 0.5) is 52.7 Å². The molecule has 0 saturated heterocycles. The molecule has 0 rings (SSSR count). The molecular weight excluding hydrogens is 332 g/mol. The molecule has 0 saturated carbocycles. The van der Waals surface area contributed by atoms with Crippen molar-refractivity contribution in [3.8, 4) is 0 Å². The lowest BCUT2D eigenvalue weighted by Gasteiger charge is -2.40. The van der Waals surface area contributed by atoms with Gasteiger partial charge >= 0.3 is 35.9 Å². The summed E-state index contributed by atoms with van der Waals surface area (Å²) in [5.74, 6) is -29.6. The van der Waals surface area contributed by atoms with E-state index < -0.39 is 35.9 Å². The number of hydrogen-bond acceptors (Lipinski definition) is 2. The largest absolute Gasteiger partial charge is 0.459 e. The van der Waals surface area contributed by atoms with Crippen LogP contribution in [0.15, 0.2) is 0 Å². The molecule has 0 aromatic rings. The molecule has 2 N–H and O–H groups in total. The zero-order valence-electron chi connectivity index (χ0n) is 8.43. The molecule has 0 aromatic heterocycles. The zero-order chi connectivity index (χ0) is 17.0. The Balaban J connectivity index is 6.08. The van der Waals surface area contributed by atoms with Crippen LogP contribution in [-0.2, 0) is 0 Å². The summed E-state index contributed by atoms with van der Waals surface area (Å²) in [7, 11) is 0. The fourth-order valence-corrected chi connectivity index (χ4v) is 0.792. The fourth-order valence-electron chi connectivity index (χ4n) is 0.792. The Morgan fingerprint density at radius 3 is 0.650 bits per heavy atom. The van der Waals surface area contributed by atoms with Crippen LogP contribution in [0.1, 0.15) is 0 Å². The van der Waals surface area contributed by atoms with Gasteiger partial charge in [-0.1, -0.05) is 0 Å². The van der Waals surface area contributed by atoms with E-state index in [1.165, 1.54) is 0 Å². The van der Waals surface area contributed by atoms with Crippen LogP contribution in [-0.4, -0.2) is 46.1 Å². The molecule has 0 aromatic carbocycles. The topological polar surface area (TPSA) is 40.5 Å². The van der Waals surface area contributed by atoms with Crippen molar-refractivity contribution >= 4 is 0 Å². The Kier molecular flexibility index (Phi) is 4.09. The first-order chi connectivity index (χ1) is 8.25. The predicted molar refractivity (Wildman–Crippen MR) is 34.1 cm³/mol. The van der Waals surface area contributed by atoms with Crippen molar-refractivity contribution in [2.75, 3.05) is 0 Å². The second-order valence-electron chi connectivity index (χ2n) is 3.39. The molecule has 2 nitrogen and oxygen atoms in total. The summed E-state index contributed by atoms with van der Waals surface area (Å²) in [5.41, 5.74) is 0. The lowest BCUT2D eigenvalue weighted by molar-refractivity contribution is -0.484. The van der Waals surface area contributed by atoms with E-state index in [0.29, 0.717) is 0 Å². The number of aliphatic hydroxyl groups is 2. The molecule has 0 aliphatic carbocycles. The summed E-state index contributed by atoms with van der Waals surface area (Å²) < 4.78 is 144. The van der Waals surface area contributed by atoms with Gasteiger partial charge in [-0.25, -0.2) is 0 Å². The second-order valence-corrected chi connectivity index (χ2v) is 3.39. The molecule has 20 heavy (non-hydrogen) atoms. The lowest BCUT2D eigenvalue weighted by Crippen LogP contribution is -2.73. The molecule has 0 aliphatic heterocycles. The van der Waals surface area contributed by atoms with Crippen LogP contribution < -0.4 is 0 Å². The van der Waals surface area contributed by atoms with E-state index in [1.807, 2.05) is 0 Å². The van der Waals surface area contributed by atoms with E-state index in [2.05, 4.69) is 0 Å². The lowest BCUT2D eigenvalue weighted by atomic mass is 9.95. The third kappa shape index (κ3) is 2.27. The summed E-state index contributed by atoms with van der Waals surface area (Å²) in [4.78, 5) is 0. The van der Waals surface area contributed by atoms with E-state index in [4.69, 9.17) is 10.2 Å².